The minimum absolute atomic E-state index is 0.159. The van der Waals surface area contributed by atoms with Crippen molar-refractivity contribution in [2.45, 2.75) is 6.92 Å². The van der Waals surface area contributed by atoms with E-state index >= 15 is 0 Å². The monoisotopic (exact) mass is 370 g/mol. The number of phenolic OH excluding ortho intramolecular Hbond substituents is 1. The number of anilines is 3. The van der Waals surface area contributed by atoms with Gasteiger partial charge >= 0.3 is 0 Å². The number of hydrogen-bond acceptors (Lipinski definition) is 5. The summed E-state index contributed by atoms with van der Waals surface area (Å²) in [6.45, 7) is 2.62. The first-order chi connectivity index (χ1) is 13.6. The van der Waals surface area contributed by atoms with Gasteiger partial charge < -0.3 is 14.9 Å². The van der Waals surface area contributed by atoms with Crippen LogP contribution < -0.4 is 9.80 Å². The van der Waals surface area contributed by atoms with Gasteiger partial charge in [0.15, 0.2) is 5.82 Å². The fraction of sp³-hybridized carbons (Fsp3) is 0.136. The second-order valence-corrected chi connectivity index (χ2v) is 6.35. The van der Waals surface area contributed by atoms with Gasteiger partial charge in [-0.2, -0.15) is 0 Å². The lowest BCUT2D eigenvalue weighted by molar-refractivity contribution is 0.0994. The minimum atomic E-state index is -0.159. The molecule has 0 aliphatic carbocycles. The molecular weight excluding hydrogens is 352 g/mol. The summed E-state index contributed by atoms with van der Waals surface area (Å²) in [6.07, 6.45) is 3.36. The van der Waals surface area contributed by atoms with Crippen molar-refractivity contribution in [2.24, 2.45) is 0 Å². The van der Waals surface area contributed by atoms with Crippen molar-refractivity contribution in [3.63, 3.8) is 0 Å². The molecule has 1 aromatic carbocycles. The molecule has 3 aromatic rings. The van der Waals surface area contributed by atoms with Gasteiger partial charge in [-0.25, -0.2) is 9.97 Å². The summed E-state index contributed by atoms with van der Waals surface area (Å²) < 4.78 is 0. The number of amides is 1. The fourth-order valence-corrected chi connectivity index (χ4v) is 3.17. The highest BCUT2D eigenvalue weighted by atomic mass is 16.3. The third-order valence-corrected chi connectivity index (χ3v) is 4.55. The average Bonchev–Trinajstić information content (AvgIpc) is 2.80. The molecule has 3 heterocycles. The maximum Gasteiger partial charge on any atom is 0.261 e. The molecule has 0 bridgehead atoms. The smallest absolute Gasteiger partial charge is 0.261 e. The van der Waals surface area contributed by atoms with Crippen LogP contribution in [0.1, 0.15) is 28.4 Å². The lowest BCUT2D eigenvalue weighted by Crippen LogP contribution is -2.25. The van der Waals surface area contributed by atoms with Gasteiger partial charge in [-0.3, -0.25) is 4.79 Å². The van der Waals surface area contributed by atoms with Crippen molar-refractivity contribution in [2.75, 3.05) is 23.4 Å². The largest absolute Gasteiger partial charge is 0.508 e. The van der Waals surface area contributed by atoms with Crippen molar-refractivity contribution in [3.05, 3.63) is 71.5 Å². The van der Waals surface area contributed by atoms with Gasteiger partial charge in [0.25, 0.3) is 5.91 Å². The summed E-state index contributed by atoms with van der Waals surface area (Å²) in [5.74, 6) is 7.28. The molecule has 6 nitrogen and oxygen atoms in total. The summed E-state index contributed by atoms with van der Waals surface area (Å²) >= 11 is 0. The number of aromatic nitrogens is 2. The molecule has 138 valence electrons. The maximum absolute atomic E-state index is 13.1. The summed E-state index contributed by atoms with van der Waals surface area (Å²) in [7, 11) is 1.73. The molecule has 0 spiro atoms. The van der Waals surface area contributed by atoms with Gasteiger partial charge in [-0.1, -0.05) is 17.9 Å². The Morgan fingerprint density at radius 1 is 1.04 bits per heavy atom. The SMILES string of the molecule is CCN1c2ncc(C#Cc3cccc(O)c3)cc2C(=O)N(C)c2cccnc21. The third-order valence-electron chi connectivity index (χ3n) is 4.55. The lowest BCUT2D eigenvalue weighted by Gasteiger charge is -2.22. The Balaban J connectivity index is 1.80. The highest BCUT2D eigenvalue weighted by Crippen LogP contribution is 2.37. The Kier molecular flexibility index (Phi) is 4.42. The molecule has 4 rings (SSSR count). The molecule has 0 unspecified atom stereocenters. The summed E-state index contributed by atoms with van der Waals surface area (Å²) in [5, 5.41) is 9.56. The number of benzene rings is 1. The van der Waals surface area contributed by atoms with E-state index in [1.165, 1.54) is 0 Å². The van der Waals surface area contributed by atoms with E-state index in [0.29, 0.717) is 34.9 Å². The fourth-order valence-electron chi connectivity index (χ4n) is 3.17. The predicted molar refractivity (Wildman–Crippen MR) is 108 cm³/mol. The zero-order chi connectivity index (χ0) is 19.7. The highest BCUT2D eigenvalue weighted by molar-refractivity contribution is 6.12. The highest BCUT2D eigenvalue weighted by Gasteiger charge is 2.30. The van der Waals surface area contributed by atoms with Crippen LogP contribution in [0.4, 0.5) is 17.3 Å². The number of hydrogen-bond donors (Lipinski definition) is 1. The van der Waals surface area contributed by atoms with Gasteiger partial charge in [0.05, 0.1) is 11.3 Å². The molecule has 1 N–H and O–H groups in total. The Morgan fingerprint density at radius 3 is 2.64 bits per heavy atom. The van der Waals surface area contributed by atoms with E-state index in [0.717, 1.165) is 5.69 Å². The molecule has 0 saturated carbocycles. The standard InChI is InChI=1S/C22H18N4O2/c1-3-26-20-18(22(28)25(2)19-8-5-11-23-21(19)26)13-16(14-24-20)10-9-15-6-4-7-17(27)12-15/h4-8,11-14,27H,3H2,1-2H3. The molecule has 0 saturated heterocycles. The summed E-state index contributed by atoms with van der Waals surface area (Å²) in [6, 6.07) is 12.2. The Hall–Kier alpha value is -3.85. The topological polar surface area (TPSA) is 69.6 Å². The van der Waals surface area contributed by atoms with Crippen LogP contribution in [-0.2, 0) is 0 Å². The van der Waals surface area contributed by atoms with Gasteiger partial charge in [0.2, 0.25) is 0 Å². The molecular formula is C22H18N4O2. The Labute approximate surface area is 163 Å². The van der Waals surface area contributed by atoms with Crippen LogP contribution in [0.5, 0.6) is 5.75 Å². The van der Waals surface area contributed by atoms with E-state index in [2.05, 4.69) is 21.8 Å². The maximum atomic E-state index is 13.1. The number of carbonyl (C=O) groups is 1. The summed E-state index contributed by atoms with van der Waals surface area (Å²) in [5.41, 5.74) is 2.52. The van der Waals surface area contributed by atoms with Crippen LogP contribution >= 0.6 is 0 Å². The molecule has 28 heavy (non-hydrogen) atoms. The normalized spacial score (nSPS) is 12.6. The van der Waals surface area contributed by atoms with E-state index in [-0.39, 0.29) is 11.7 Å². The first-order valence-corrected chi connectivity index (χ1v) is 8.90. The molecule has 0 atom stereocenters. The van der Waals surface area contributed by atoms with Crippen molar-refractivity contribution in [1.29, 1.82) is 0 Å². The minimum Gasteiger partial charge on any atom is -0.508 e. The first kappa shape index (κ1) is 17.6. The molecule has 0 radical (unpaired) electrons. The Morgan fingerprint density at radius 2 is 1.86 bits per heavy atom. The molecule has 2 aromatic heterocycles. The van der Waals surface area contributed by atoms with Crippen molar-refractivity contribution in [3.8, 4) is 17.6 Å². The van der Waals surface area contributed by atoms with Crippen LogP contribution in [-0.4, -0.2) is 34.6 Å². The molecule has 0 fully saturated rings. The van der Waals surface area contributed by atoms with Crippen molar-refractivity contribution in [1.82, 2.24) is 9.97 Å². The number of carbonyl (C=O) groups excluding carboxylic acids is 1. The molecule has 1 amide bonds. The van der Waals surface area contributed by atoms with Gasteiger partial charge in [-0.15, -0.1) is 0 Å². The zero-order valence-electron chi connectivity index (χ0n) is 15.5. The second-order valence-electron chi connectivity index (χ2n) is 6.35. The number of pyridine rings is 2. The predicted octanol–water partition coefficient (Wildman–Crippen LogP) is 3.33. The zero-order valence-corrected chi connectivity index (χ0v) is 15.5. The van der Waals surface area contributed by atoms with Crippen molar-refractivity contribution >= 4 is 23.2 Å². The molecule has 1 aliphatic heterocycles. The number of nitrogens with zero attached hydrogens (tertiary/aromatic N) is 4. The van der Waals surface area contributed by atoms with E-state index in [9.17, 15) is 9.90 Å². The van der Waals surface area contributed by atoms with E-state index < -0.39 is 0 Å². The number of fused-ring (bicyclic) bond motifs is 2. The third kappa shape index (κ3) is 3.03. The van der Waals surface area contributed by atoms with E-state index in [4.69, 9.17) is 0 Å². The van der Waals surface area contributed by atoms with Gasteiger partial charge in [0, 0.05) is 37.1 Å². The van der Waals surface area contributed by atoms with Crippen LogP contribution in [0.25, 0.3) is 0 Å². The number of rotatable bonds is 1. The van der Waals surface area contributed by atoms with Crippen molar-refractivity contribution < 1.29 is 9.90 Å². The van der Waals surface area contributed by atoms with Gasteiger partial charge in [-0.05, 0) is 43.3 Å². The van der Waals surface area contributed by atoms with Crippen LogP contribution in [0.2, 0.25) is 0 Å². The molecule has 1 aliphatic rings. The Bertz CT molecular complexity index is 1130. The number of aromatic hydroxyl groups is 1. The van der Waals surface area contributed by atoms with Gasteiger partial charge in [0.1, 0.15) is 11.6 Å². The first-order valence-electron chi connectivity index (χ1n) is 8.90. The average molecular weight is 370 g/mol. The summed E-state index contributed by atoms with van der Waals surface area (Å²) in [4.78, 5) is 25.6. The lowest BCUT2D eigenvalue weighted by atomic mass is 10.1. The van der Waals surface area contributed by atoms with Crippen LogP contribution in [0.3, 0.4) is 0 Å². The van der Waals surface area contributed by atoms with E-state index in [1.54, 1.807) is 48.6 Å². The number of phenols is 1. The van der Waals surface area contributed by atoms with E-state index in [1.807, 2.05) is 30.0 Å². The molecule has 6 heteroatoms. The van der Waals surface area contributed by atoms with Crippen LogP contribution in [0.15, 0.2) is 54.9 Å². The second kappa shape index (κ2) is 7.05. The quantitative estimate of drug-likeness (QED) is 0.666. The van der Waals surface area contributed by atoms with Crippen LogP contribution in [0, 0.1) is 11.8 Å².